The SMILES string of the molecule is C[C@@H]1CCN(c2nccn3nccc23)CCN1C(=O)c1ccccc1-n1nccn1. The maximum Gasteiger partial charge on any atom is 0.256 e. The van der Waals surface area contributed by atoms with Gasteiger partial charge in [-0.2, -0.15) is 20.1 Å². The summed E-state index contributed by atoms with van der Waals surface area (Å²) in [6.45, 7) is 4.24. The van der Waals surface area contributed by atoms with Crippen molar-refractivity contribution in [1.82, 2.24) is 34.5 Å². The number of para-hydroxylation sites is 1. The predicted molar refractivity (Wildman–Crippen MR) is 112 cm³/mol. The van der Waals surface area contributed by atoms with Crippen LogP contribution in [0.1, 0.15) is 23.7 Å². The largest absolute Gasteiger partial charge is 0.353 e. The third-order valence-electron chi connectivity index (χ3n) is 5.59. The third-order valence-corrected chi connectivity index (χ3v) is 5.59. The summed E-state index contributed by atoms with van der Waals surface area (Å²) >= 11 is 0. The van der Waals surface area contributed by atoms with E-state index >= 15 is 0 Å². The minimum absolute atomic E-state index is 0.00669. The topological polar surface area (TPSA) is 84.5 Å². The quantitative estimate of drug-likeness (QED) is 0.522. The Morgan fingerprint density at radius 3 is 2.67 bits per heavy atom. The van der Waals surface area contributed by atoms with Gasteiger partial charge in [0.2, 0.25) is 0 Å². The Morgan fingerprint density at radius 1 is 0.967 bits per heavy atom. The lowest BCUT2D eigenvalue weighted by Gasteiger charge is -2.27. The summed E-state index contributed by atoms with van der Waals surface area (Å²) in [5.74, 6) is 0.894. The van der Waals surface area contributed by atoms with E-state index in [4.69, 9.17) is 0 Å². The summed E-state index contributed by atoms with van der Waals surface area (Å²) in [6.07, 6.45) is 9.45. The molecule has 9 nitrogen and oxygen atoms in total. The molecule has 1 saturated heterocycles. The van der Waals surface area contributed by atoms with Gasteiger partial charge in [-0.15, -0.1) is 0 Å². The van der Waals surface area contributed by atoms with Crippen LogP contribution < -0.4 is 4.90 Å². The highest BCUT2D eigenvalue weighted by molar-refractivity contribution is 5.98. The summed E-state index contributed by atoms with van der Waals surface area (Å²) in [5.41, 5.74) is 2.26. The summed E-state index contributed by atoms with van der Waals surface area (Å²) in [7, 11) is 0. The molecule has 0 spiro atoms. The Balaban J connectivity index is 1.42. The van der Waals surface area contributed by atoms with Crippen LogP contribution in [0.25, 0.3) is 11.2 Å². The lowest BCUT2D eigenvalue weighted by Crippen LogP contribution is -2.40. The number of hydrogen-bond donors (Lipinski definition) is 0. The number of rotatable bonds is 3. The first-order valence-electron chi connectivity index (χ1n) is 10.0. The fraction of sp³-hybridized carbons (Fsp3) is 0.286. The molecule has 0 unspecified atom stereocenters. The van der Waals surface area contributed by atoms with Gasteiger partial charge in [0, 0.05) is 38.1 Å². The molecule has 152 valence electrons. The summed E-state index contributed by atoms with van der Waals surface area (Å²) in [6, 6.07) is 9.54. The lowest BCUT2D eigenvalue weighted by molar-refractivity contribution is 0.0705. The van der Waals surface area contributed by atoms with Gasteiger partial charge in [0.15, 0.2) is 5.82 Å². The minimum Gasteiger partial charge on any atom is -0.353 e. The number of benzene rings is 1. The number of aromatic nitrogens is 6. The van der Waals surface area contributed by atoms with Crippen molar-refractivity contribution >= 4 is 17.2 Å². The number of carbonyl (C=O) groups excluding carboxylic acids is 1. The minimum atomic E-state index is -0.00669. The predicted octanol–water partition coefficient (Wildman–Crippen LogP) is 2.05. The molecule has 0 aliphatic carbocycles. The molecule has 1 aromatic carbocycles. The van der Waals surface area contributed by atoms with Crippen LogP contribution in [0.4, 0.5) is 5.82 Å². The Kier molecular flexibility index (Phi) is 4.62. The van der Waals surface area contributed by atoms with Crippen LogP contribution in [-0.4, -0.2) is 66.1 Å². The smallest absolute Gasteiger partial charge is 0.256 e. The molecule has 5 rings (SSSR count). The monoisotopic (exact) mass is 402 g/mol. The molecule has 1 amide bonds. The highest BCUT2D eigenvalue weighted by Crippen LogP contribution is 2.23. The van der Waals surface area contributed by atoms with Crippen molar-refractivity contribution in [2.75, 3.05) is 24.5 Å². The van der Waals surface area contributed by atoms with Gasteiger partial charge < -0.3 is 9.80 Å². The highest BCUT2D eigenvalue weighted by Gasteiger charge is 2.28. The number of fused-ring (bicyclic) bond motifs is 1. The average Bonchev–Trinajstić information content (AvgIpc) is 3.44. The van der Waals surface area contributed by atoms with E-state index < -0.39 is 0 Å². The average molecular weight is 402 g/mol. The number of carbonyl (C=O) groups is 1. The van der Waals surface area contributed by atoms with E-state index in [9.17, 15) is 4.79 Å². The molecule has 0 bridgehead atoms. The van der Waals surface area contributed by atoms with E-state index in [0.29, 0.717) is 24.3 Å². The molecule has 1 fully saturated rings. The molecule has 9 heteroatoms. The molecular weight excluding hydrogens is 380 g/mol. The molecule has 3 aromatic heterocycles. The zero-order valence-electron chi connectivity index (χ0n) is 16.7. The first-order chi connectivity index (χ1) is 14.7. The molecule has 0 saturated carbocycles. The van der Waals surface area contributed by atoms with Crippen molar-refractivity contribution in [3.05, 3.63) is 66.9 Å². The van der Waals surface area contributed by atoms with E-state index in [-0.39, 0.29) is 11.9 Å². The van der Waals surface area contributed by atoms with Gasteiger partial charge in [-0.05, 0) is 31.5 Å². The second kappa shape index (κ2) is 7.58. The zero-order valence-corrected chi connectivity index (χ0v) is 16.7. The van der Waals surface area contributed by atoms with Crippen LogP contribution in [0.15, 0.2) is 61.3 Å². The molecule has 0 radical (unpaired) electrons. The van der Waals surface area contributed by atoms with Gasteiger partial charge in [0.05, 0.1) is 29.8 Å². The Hall–Kier alpha value is -3.75. The van der Waals surface area contributed by atoms with Gasteiger partial charge in [-0.25, -0.2) is 9.50 Å². The van der Waals surface area contributed by atoms with Crippen molar-refractivity contribution in [2.24, 2.45) is 0 Å². The molecular formula is C21H22N8O. The number of nitrogens with zero attached hydrogens (tertiary/aromatic N) is 8. The van der Waals surface area contributed by atoms with Gasteiger partial charge in [-0.3, -0.25) is 4.79 Å². The molecule has 0 N–H and O–H groups in total. The Morgan fingerprint density at radius 2 is 1.80 bits per heavy atom. The van der Waals surface area contributed by atoms with Crippen LogP contribution >= 0.6 is 0 Å². The first kappa shape index (κ1) is 18.3. The summed E-state index contributed by atoms with van der Waals surface area (Å²) in [4.78, 5) is 23.8. The molecule has 30 heavy (non-hydrogen) atoms. The fourth-order valence-electron chi connectivity index (χ4n) is 3.98. The Bertz CT molecular complexity index is 1170. The van der Waals surface area contributed by atoms with Crippen LogP contribution in [0.5, 0.6) is 0 Å². The van der Waals surface area contributed by atoms with Crippen molar-refractivity contribution in [3.63, 3.8) is 0 Å². The van der Waals surface area contributed by atoms with E-state index in [0.717, 1.165) is 24.3 Å². The normalized spacial score (nSPS) is 17.3. The van der Waals surface area contributed by atoms with Crippen molar-refractivity contribution < 1.29 is 4.79 Å². The molecule has 1 aliphatic heterocycles. The van der Waals surface area contributed by atoms with E-state index in [1.54, 1.807) is 24.8 Å². The number of hydrogen-bond acceptors (Lipinski definition) is 6. The molecule has 1 atom stereocenters. The summed E-state index contributed by atoms with van der Waals surface area (Å²) in [5, 5.41) is 12.7. The summed E-state index contributed by atoms with van der Waals surface area (Å²) < 4.78 is 1.83. The third kappa shape index (κ3) is 3.18. The van der Waals surface area contributed by atoms with Gasteiger partial charge in [0.25, 0.3) is 5.91 Å². The van der Waals surface area contributed by atoms with Crippen LogP contribution in [0, 0.1) is 0 Å². The van der Waals surface area contributed by atoms with Crippen LogP contribution in [0.2, 0.25) is 0 Å². The van der Waals surface area contributed by atoms with Gasteiger partial charge in [-0.1, -0.05) is 12.1 Å². The van der Waals surface area contributed by atoms with Crippen molar-refractivity contribution in [1.29, 1.82) is 0 Å². The second-order valence-electron chi connectivity index (χ2n) is 7.37. The first-order valence-corrected chi connectivity index (χ1v) is 10.0. The van der Waals surface area contributed by atoms with Crippen molar-refractivity contribution in [3.8, 4) is 5.69 Å². The van der Waals surface area contributed by atoms with Gasteiger partial charge >= 0.3 is 0 Å². The highest BCUT2D eigenvalue weighted by atomic mass is 16.2. The molecule has 4 heterocycles. The molecule has 4 aromatic rings. The van der Waals surface area contributed by atoms with Gasteiger partial charge in [0.1, 0.15) is 5.52 Å². The maximum atomic E-state index is 13.5. The number of amides is 1. The van der Waals surface area contributed by atoms with E-state index in [1.165, 1.54) is 4.80 Å². The standard InChI is InChI=1S/C21H22N8O/c1-16-7-12-26(20-19-6-8-23-28(19)13-11-22-20)14-15-27(16)21(30)17-4-2-3-5-18(17)29-24-9-10-25-29/h2-6,8-11,13,16H,7,12,14-15H2,1H3/t16-/m1/s1. The zero-order chi connectivity index (χ0) is 20.5. The van der Waals surface area contributed by atoms with Crippen LogP contribution in [-0.2, 0) is 0 Å². The Labute approximate surface area is 173 Å². The lowest BCUT2D eigenvalue weighted by atomic mass is 10.1. The van der Waals surface area contributed by atoms with E-state index in [2.05, 4.69) is 32.1 Å². The second-order valence-corrected chi connectivity index (χ2v) is 7.37. The van der Waals surface area contributed by atoms with Crippen LogP contribution in [0.3, 0.4) is 0 Å². The number of anilines is 1. The van der Waals surface area contributed by atoms with Crippen molar-refractivity contribution in [2.45, 2.75) is 19.4 Å². The fourth-order valence-corrected chi connectivity index (χ4v) is 3.98. The maximum absolute atomic E-state index is 13.5. The van der Waals surface area contributed by atoms with E-state index in [1.807, 2.05) is 45.9 Å². The molecule has 1 aliphatic rings.